The molecular formula is C15H21NO. The summed E-state index contributed by atoms with van der Waals surface area (Å²) in [6.45, 7) is 6.85. The van der Waals surface area contributed by atoms with Crippen molar-refractivity contribution in [3.05, 3.63) is 42.5 Å². The lowest BCUT2D eigenvalue weighted by atomic mass is 10.0. The number of benzene rings is 1. The highest BCUT2D eigenvalue weighted by molar-refractivity contribution is 5.34. The largest absolute Gasteiger partial charge is 0.493 e. The Labute approximate surface area is 104 Å². The fraction of sp³-hybridized carbons (Fsp3) is 0.467. The summed E-state index contributed by atoms with van der Waals surface area (Å²) in [5.41, 5.74) is 1.23. The molecule has 1 saturated heterocycles. The minimum atomic E-state index is 0.653. The first kappa shape index (κ1) is 12.2. The van der Waals surface area contributed by atoms with Crippen LogP contribution >= 0.6 is 0 Å². The summed E-state index contributed by atoms with van der Waals surface area (Å²) in [4.78, 5) is 0. The Bertz CT molecular complexity index is 356. The third-order valence-electron chi connectivity index (χ3n) is 3.21. The van der Waals surface area contributed by atoms with Gasteiger partial charge in [-0.15, -0.1) is 6.58 Å². The van der Waals surface area contributed by atoms with E-state index < -0.39 is 0 Å². The number of ether oxygens (including phenoxy) is 1. The number of allylic oxidation sites excluding steroid dienone is 1. The Morgan fingerprint density at radius 3 is 3.06 bits per heavy atom. The van der Waals surface area contributed by atoms with Crippen molar-refractivity contribution in [2.45, 2.75) is 19.3 Å². The second kappa shape index (κ2) is 6.45. The van der Waals surface area contributed by atoms with E-state index in [0.717, 1.165) is 31.9 Å². The molecule has 0 saturated carbocycles. The minimum absolute atomic E-state index is 0.653. The summed E-state index contributed by atoms with van der Waals surface area (Å²) < 4.78 is 5.94. The van der Waals surface area contributed by atoms with Gasteiger partial charge < -0.3 is 10.1 Å². The van der Waals surface area contributed by atoms with Crippen LogP contribution in [0.15, 0.2) is 36.9 Å². The SMILES string of the molecule is C=CCc1ccccc1OCC1CCCNC1. The Morgan fingerprint density at radius 1 is 1.41 bits per heavy atom. The fourth-order valence-corrected chi connectivity index (χ4v) is 2.24. The molecule has 0 spiro atoms. The Morgan fingerprint density at radius 2 is 2.29 bits per heavy atom. The summed E-state index contributed by atoms with van der Waals surface area (Å²) in [6.07, 6.45) is 5.34. The second-order valence-corrected chi connectivity index (χ2v) is 4.62. The molecule has 2 rings (SSSR count). The van der Waals surface area contributed by atoms with Gasteiger partial charge in [-0.3, -0.25) is 0 Å². The molecule has 1 aliphatic heterocycles. The minimum Gasteiger partial charge on any atom is -0.493 e. The van der Waals surface area contributed by atoms with Crippen LogP contribution in [0, 0.1) is 5.92 Å². The number of hydrogen-bond donors (Lipinski definition) is 1. The summed E-state index contributed by atoms with van der Waals surface area (Å²) in [5, 5.41) is 3.41. The highest BCUT2D eigenvalue weighted by Gasteiger charge is 2.14. The first-order valence-corrected chi connectivity index (χ1v) is 6.42. The topological polar surface area (TPSA) is 21.3 Å². The van der Waals surface area contributed by atoms with E-state index in [1.807, 2.05) is 18.2 Å². The van der Waals surface area contributed by atoms with Crippen LogP contribution in [0.2, 0.25) is 0 Å². The van der Waals surface area contributed by atoms with Gasteiger partial charge in [-0.2, -0.15) is 0 Å². The van der Waals surface area contributed by atoms with E-state index in [0.29, 0.717) is 5.92 Å². The molecule has 0 bridgehead atoms. The fourth-order valence-electron chi connectivity index (χ4n) is 2.24. The maximum Gasteiger partial charge on any atom is 0.122 e. The number of piperidine rings is 1. The van der Waals surface area contributed by atoms with E-state index in [9.17, 15) is 0 Å². The quantitative estimate of drug-likeness (QED) is 0.787. The van der Waals surface area contributed by atoms with Gasteiger partial charge in [0.2, 0.25) is 0 Å². The van der Waals surface area contributed by atoms with Crippen molar-refractivity contribution in [3.63, 3.8) is 0 Å². The lowest BCUT2D eigenvalue weighted by molar-refractivity contribution is 0.217. The molecule has 2 heteroatoms. The molecule has 1 N–H and O–H groups in total. The van der Waals surface area contributed by atoms with Crippen molar-refractivity contribution in [1.82, 2.24) is 5.32 Å². The van der Waals surface area contributed by atoms with Gasteiger partial charge >= 0.3 is 0 Å². The predicted octanol–water partition coefficient (Wildman–Crippen LogP) is 2.79. The van der Waals surface area contributed by atoms with Gasteiger partial charge in [0.25, 0.3) is 0 Å². The van der Waals surface area contributed by atoms with E-state index >= 15 is 0 Å². The number of hydrogen-bond acceptors (Lipinski definition) is 2. The maximum atomic E-state index is 5.94. The van der Waals surface area contributed by atoms with E-state index in [1.54, 1.807) is 0 Å². The van der Waals surface area contributed by atoms with Crippen LogP contribution in [0.1, 0.15) is 18.4 Å². The third kappa shape index (κ3) is 3.60. The van der Waals surface area contributed by atoms with Crippen LogP contribution in [0.25, 0.3) is 0 Å². The van der Waals surface area contributed by atoms with Gasteiger partial charge in [-0.1, -0.05) is 24.3 Å². The molecule has 1 heterocycles. The molecule has 0 aromatic heterocycles. The average Bonchev–Trinajstić information content (AvgIpc) is 2.39. The number of rotatable bonds is 5. The molecule has 17 heavy (non-hydrogen) atoms. The van der Waals surface area contributed by atoms with Crippen LogP contribution in [-0.4, -0.2) is 19.7 Å². The van der Waals surface area contributed by atoms with E-state index in [4.69, 9.17) is 4.74 Å². The molecule has 0 radical (unpaired) electrons. The van der Waals surface area contributed by atoms with Crippen molar-refractivity contribution in [3.8, 4) is 5.75 Å². The standard InChI is InChI=1S/C15H21NO/c1-2-6-14-8-3-4-9-15(14)17-12-13-7-5-10-16-11-13/h2-4,8-9,13,16H,1,5-7,10-12H2. The maximum absolute atomic E-state index is 5.94. The van der Waals surface area contributed by atoms with E-state index in [2.05, 4.69) is 24.0 Å². The Hall–Kier alpha value is -1.28. The monoisotopic (exact) mass is 231 g/mol. The second-order valence-electron chi connectivity index (χ2n) is 4.62. The first-order chi connectivity index (χ1) is 8.40. The molecule has 1 unspecified atom stereocenters. The molecule has 1 fully saturated rings. The van der Waals surface area contributed by atoms with E-state index in [1.165, 1.54) is 18.4 Å². The van der Waals surface area contributed by atoms with Crippen LogP contribution in [0.4, 0.5) is 0 Å². The lowest BCUT2D eigenvalue weighted by Crippen LogP contribution is -2.33. The smallest absolute Gasteiger partial charge is 0.122 e. The van der Waals surface area contributed by atoms with Crippen LogP contribution in [0.5, 0.6) is 5.75 Å². The van der Waals surface area contributed by atoms with Crippen molar-refractivity contribution in [1.29, 1.82) is 0 Å². The highest BCUT2D eigenvalue weighted by Crippen LogP contribution is 2.20. The van der Waals surface area contributed by atoms with Crippen LogP contribution in [-0.2, 0) is 6.42 Å². The van der Waals surface area contributed by atoms with Gasteiger partial charge in [-0.05, 0) is 37.4 Å². The molecule has 1 aliphatic rings. The molecule has 0 aliphatic carbocycles. The van der Waals surface area contributed by atoms with Gasteiger partial charge in [0.05, 0.1) is 6.61 Å². The van der Waals surface area contributed by atoms with Crippen molar-refractivity contribution in [2.75, 3.05) is 19.7 Å². The molecule has 0 amide bonds. The van der Waals surface area contributed by atoms with Gasteiger partial charge in [0, 0.05) is 12.5 Å². The zero-order valence-corrected chi connectivity index (χ0v) is 10.3. The average molecular weight is 231 g/mol. The third-order valence-corrected chi connectivity index (χ3v) is 3.21. The lowest BCUT2D eigenvalue weighted by Gasteiger charge is -2.23. The van der Waals surface area contributed by atoms with Crippen LogP contribution in [0.3, 0.4) is 0 Å². The summed E-state index contributed by atoms with van der Waals surface area (Å²) in [6, 6.07) is 8.24. The molecule has 1 aromatic carbocycles. The van der Waals surface area contributed by atoms with Crippen molar-refractivity contribution >= 4 is 0 Å². The van der Waals surface area contributed by atoms with Gasteiger partial charge in [-0.25, -0.2) is 0 Å². The summed E-state index contributed by atoms with van der Waals surface area (Å²) in [7, 11) is 0. The molecule has 2 nitrogen and oxygen atoms in total. The van der Waals surface area contributed by atoms with E-state index in [-0.39, 0.29) is 0 Å². The summed E-state index contributed by atoms with van der Waals surface area (Å²) in [5.74, 6) is 1.67. The highest BCUT2D eigenvalue weighted by atomic mass is 16.5. The van der Waals surface area contributed by atoms with Gasteiger partial charge in [0.15, 0.2) is 0 Å². The zero-order chi connectivity index (χ0) is 11.9. The zero-order valence-electron chi connectivity index (χ0n) is 10.3. The van der Waals surface area contributed by atoms with Crippen LogP contribution < -0.4 is 10.1 Å². The molecule has 92 valence electrons. The Balaban J connectivity index is 1.90. The number of para-hydroxylation sites is 1. The number of nitrogens with one attached hydrogen (secondary N) is 1. The van der Waals surface area contributed by atoms with Crippen molar-refractivity contribution < 1.29 is 4.74 Å². The predicted molar refractivity (Wildman–Crippen MR) is 71.4 cm³/mol. The molecule has 1 atom stereocenters. The van der Waals surface area contributed by atoms with Crippen molar-refractivity contribution in [2.24, 2.45) is 5.92 Å². The normalized spacial score (nSPS) is 19.9. The molecule has 1 aromatic rings. The summed E-state index contributed by atoms with van der Waals surface area (Å²) >= 11 is 0. The first-order valence-electron chi connectivity index (χ1n) is 6.42. The molecular weight excluding hydrogens is 210 g/mol. The van der Waals surface area contributed by atoms with Gasteiger partial charge in [0.1, 0.15) is 5.75 Å². The Kier molecular flexibility index (Phi) is 4.63.